The predicted molar refractivity (Wildman–Crippen MR) is 76.4 cm³/mol. The predicted octanol–water partition coefficient (Wildman–Crippen LogP) is 3.85. The summed E-state index contributed by atoms with van der Waals surface area (Å²) in [5.41, 5.74) is 0. The molecule has 0 bridgehead atoms. The lowest BCUT2D eigenvalue weighted by atomic mass is 9.88. The van der Waals surface area contributed by atoms with Crippen molar-refractivity contribution in [2.45, 2.75) is 73.0 Å². The summed E-state index contributed by atoms with van der Waals surface area (Å²) in [5.74, 6) is 1.40. The van der Waals surface area contributed by atoms with Gasteiger partial charge in [0.15, 0.2) is 0 Å². The molecule has 0 aliphatic rings. The maximum Gasteiger partial charge on any atom is 0.0750 e. The third kappa shape index (κ3) is 6.42. The van der Waals surface area contributed by atoms with Crippen molar-refractivity contribution in [2.24, 2.45) is 11.8 Å². The van der Waals surface area contributed by atoms with Gasteiger partial charge in [0.05, 0.1) is 6.10 Å². The van der Waals surface area contributed by atoms with Gasteiger partial charge in [-0.3, -0.25) is 0 Å². The maximum atomic E-state index is 5.95. The smallest absolute Gasteiger partial charge is 0.0750 e. The first kappa shape index (κ1) is 16.9. The Morgan fingerprint density at radius 2 is 1.59 bits per heavy atom. The molecule has 0 aromatic rings. The van der Waals surface area contributed by atoms with Crippen molar-refractivity contribution in [1.82, 2.24) is 5.32 Å². The fraction of sp³-hybridized carbons (Fsp3) is 1.00. The van der Waals surface area contributed by atoms with Crippen molar-refractivity contribution in [3.8, 4) is 0 Å². The van der Waals surface area contributed by atoms with E-state index in [1.807, 2.05) is 0 Å². The van der Waals surface area contributed by atoms with E-state index in [2.05, 4.69) is 46.9 Å². The first-order chi connectivity index (χ1) is 8.10. The molecular weight excluding hydrogens is 210 g/mol. The van der Waals surface area contributed by atoms with Gasteiger partial charge in [-0.2, -0.15) is 0 Å². The molecule has 0 rings (SSSR count). The molecule has 104 valence electrons. The number of hydrogen-bond acceptors (Lipinski definition) is 2. The Morgan fingerprint density at radius 3 is 1.94 bits per heavy atom. The Kier molecular flexibility index (Phi) is 9.85. The molecule has 0 aromatic heterocycles. The molecule has 0 heterocycles. The largest absolute Gasteiger partial charge is 0.377 e. The van der Waals surface area contributed by atoms with Crippen LogP contribution in [0.4, 0.5) is 0 Å². The molecule has 0 aliphatic heterocycles. The van der Waals surface area contributed by atoms with E-state index in [0.29, 0.717) is 18.1 Å². The summed E-state index contributed by atoms with van der Waals surface area (Å²) in [5, 5.41) is 3.62. The number of rotatable bonds is 10. The molecule has 0 radical (unpaired) electrons. The fourth-order valence-electron chi connectivity index (χ4n) is 2.54. The molecule has 17 heavy (non-hydrogen) atoms. The normalized spacial score (nSPS) is 15.5. The number of ether oxygens (including phenoxy) is 1. The molecule has 2 atom stereocenters. The zero-order chi connectivity index (χ0) is 13.3. The van der Waals surface area contributed by atoms with E-state index in [0.717, 1.165) is 19.1 Å². The van der Waals surface area contributed by atoms with Crippen LogP contribution in [0.5, 0.6) is 0 Å². The Morgan fingerprint density at radius 1 is 1.00 bits per heavy atom. The Balaban J connectivity index is 4.53. The van der Waals surface area contributed by atoms with Crippen LogP contribution in [0, 0.1) is 11.8 Å². The molecule has 0 aromatic carbocycles. The SMILES string of the molecule is CCNC(CC(CC)CC)C(OCC)C(C)C. The van der Waals surface area contributed by atoms with Crippen LogP contribution in [0.15, 0.2) is 0 Å². The van der Waals surface area contributed by atoms with E-state index in [9.17, 15) is 0 Å². The number of nitrogens with one attached hydrogen (secondary N) is 1. The third-order valence-electron chi connectivity index (χ3n) is 3.62. The van der Waals surface area contributed by atoms with Gasteiger partial charge in [-0.1, -0.05) is 47.5 Å². The van der Waals surface area contributed by atoms with E-state index in [1.54, 1.807) is 0 Å². The zero-order valence-electron chi connectivity index (χ0n) is 12.8. The minimum absolute atomic E-state index is 0.348. The average molecular weight is 243 g/mol. The summed E-state index contributed by atoms with van der Waals surface area (Å²) in [4.78, 5) is 0. The van der Waals surface area contributed by atoms with Crippen LogP contribution >= 0.6 is 0 Å². The highest BCUT2D eigenvalue weighted by molar-refractivity contribution is 4.81. The second-order valence-electron chi connectivity index (χ2n) is 5.25. The highest BCUT2D eigenvalue weighted by Gasteiger charge is 2.26. The molecule has 0 saturated heterocycles. The molecule has 2 nitrogen and oxygen atoms in total. The van der Waals surface area contributed by atoms with Crippen molar-refractivity contribution < 1.29 is 4.74 Å². The Bertz CT molecular complexity index is 166. The van der Waals surface area contributed by atoms with Gasteiger partial charge in [-0.25, -0.2) is 0 Å². The highest BCUT2D eigenvalue weighted by Crippen LogP contribution is 2.21. The third-order valence-corrected chi connectivity index (χ3v) is 3.62. The standard InChI is InChI=1S/C15H33NO/c1-7-13(8-2)11-14(16-9-3)15(12(5)6)17-10-4/h12-16H,7-11H2,1-6H3. The van der Waals surface area contributed by atoms with E-state index < -0.39 is 0 Å². The van der Waals surface area contributed by atoms with E-state index in [-0.39, 0.29) is 0 Å². The van der Waals surface area contributed by atoms with Gasteiger partial charge in [0.2, 0.25) is 0 Å². The minimum Gasteiger partial charge on any atom is -0.377 e. The zero-order valence-corrected chi connectivity index (χ0v) is 12.8. The lowest BCUT2D eigenvalue weighted by Gasteiger charge is -2.33. The van der Waals surface area contributed by atoms with Crippen molar-refractivity contribution >= 4 is 0 Å². The number of likely N-dealkylation sites (N-methyl/N-ethyl adjacent to an activating group) is 1. The summed E-state index contributed by atoms with van der Waals surface area (Å²) >= 11 is 0. The summed E-state index contributed by atoms with van der Waals surface area (Å²) in [6, 6.07) is 0.504. The summed E-state index contributed by atoms with van der Waals surface area (Å²) in [6.45, 7) is 15.2. The second-order valence-corrected chi connectivity index (χ2v) is 5.25. The van der Waals surface area contributed by atoms with Gasteiger partial charge in [0, 0.05) is 12.6 Å². The monoisotopic (exact) mass is 243 g/mol. The van der Waals surface area contributed by atoms with E-state index >= 15 is 0 Å². The fourth-order valence-corrected chi connectivity index (χ4v) is 2.54. The summed E-state index contributed by atoms with van der Waals surface area (Å²) in [6.07, 6.45) is 4.13. The lowest BCUT2D eigenvalue weighted by molar-refractivity contribution is -0.00232. The molecule has 0 aliphatic carbocycles. The lowest BCUT2D eigenvalue weighted by Crippen LogP contribution is -2.45. The molecular formula is C15H33NO. The minimum atomic E-state index is 0.348. The maximum absolute atomic E-state index is 5.95. The molecule has 1 N–H and O–H groups in total. The van der Waals surface area contributed by atoms with Gasteiger partial charge in [-0.15, -0.1) is 0 Å². The van der Waals surface area contributed by atoms with Crippen molar-refractivity contribution in [3.63, 3.8) is 0 Å². The summed E-state index contributed by atoms with van der Waals surface area (Å²) in [7, 11) is 0. The van der Waals surface area contributed by atoms with Gasteiger partial charge < -0.3 is 10.1 Å². The summed E-state index contributed by atoms with van der Waals surface area (Å²) < 4.78 is 5.95. The van der Waals surface area contributed by atoms with E-state index in [1.165, 1.54) is 19.3 Å². The molecule has 0 saturated carbocycles. The molecule has 0 amide bonds. The van der Waals surface area contributed by atoms with Gasteiger partial charge >= 0.3 is 0 Å². The Hall–Kier alpha value is -0.0800. The molecule has 2 unspecified atom stereocenters. The van der Waals surface area contributed by atoms with Crippen LogP contribution < -0.4 is 5.32 Å². The first-order valence-electron chi connectivity index (χ1n) is 7.45. The van der Waals surface area contributed by atoms with Crippen molar-refractivity contribution in [3.05, 3.63) is 0 Å². The molecule has 2 heteroatoms. The van der Waals surface area contributed by atoms with Crippen LogP contribution in [0.3, 0.4) is 0 Å². The van der Waals surface area contributed by atoms with Crippen LogP contribution in [0.1, 0.15) is 60.8 Å². The van der Waals surface area contributed by atoms with Crippen LogP contribution in [-0.2, 0) is 4.74 Å². The Labute approximate surface area is 109 Å². The van der Waals surface area contributed by atoms with Crippen molar-refractivity contribution in [2.75, 3.05) is 13.2 Å². The van der Waals surface area contributed by atoms with Crippen LogP contribution in [0.2, 0.25) is 0 Å². The van der Waals surface area contributed by atoms with Crippen LogP contribution in [0.25, 0.3) is 0 Å². The van der Waals surface area contributed by atoms with Gasteiger partial charge in [-0.05, 0) is 31.7 Å². The van der Waals surface area contributed by atoms with Crippen molar-refractivity contribution in [1.29, 1.82) is 0 Å². The number of hydrogen-bond donors (Lipinski definition) is 1. The highest BCUT2D eigenvalue weighted by atomic mass is 16.5. The van der Waals surface area contributed by atoms with Gasteiger partial charge in [0.1, 0.15) is 0 Å². The topological polar surface area (TPSA) is 21.3 Å². The van der Waals surface area contributed by atoms with Gasteiger partial charge in [0.25, 0.3) is 0 Å². The quantitative estimate of drug-likeness (QED) is 0.629. The van der Waals surface area contributed by atoms with Crippen LogP contribution in [-0.4, -0.2) is 25.3 Å². The molecule has 0 spiro atoms. The second kappa shape index (κ2) is 9.90. The average Bonchev–Trinajstić information content (AvgIpc) is 2.31. The first-order valence-corrected chi connectivity index (χ1v) is 7.45. The van der Waals surface area contributed by atoms with E-state index in [4.69, 9.17) is 4.74 Å². The molecule has 0 fully saturated rings.